The van der Waals surface area contributed by atoms with Crippen molar-refractivity contribution in [2.24, 2.45) is 0 Å². The van der Waals surface area contributed by atoms with Crippen molar-refractivity contribution in [1.82, 2.24) is 0 Å². The molecule has 0 aliphatic rings. The van der Waals surface area contributed by atoms with Gasteiger partial charge in [0.05, 0.1) is 7.11 Å². The molecule has 0 aromatic heterocycles. The Morgan fingerprint density at radius 1 is 0.944 bits per heavy atom. The molecule has 2 aromatic carbocycles. The molecule has 0 saturated carbocycles. The van der Waals surface area contributed by atoms with Crippen molar-refractivity contribution in [1.29, 1.82) is 0 Å². The molecule has 94 valence electrons. The molecule has 0 fully saturated rings. The molecule has 2 aromatic rings. The van der Waals surface area contributed by atoms with Crippen LogP contribution in [-0.4, -0.2) is 15.9 Å². The first-order valence-electron chi connectivity index (χ1n) is 6.54. The van der Waals surface area contributed by atoms with E-state index in [1.165, 1.54) is 22.8 Å². The monoisotopic (exact) mass is 256 g/mol. The van der Waals surface area contributed by atoms with Gasteiger partial charge in [-0.1, -0.05) is 73.1 Å². The van der Waals surface area contributed by atoms with Crippen LogP contribution >= 0.6 is 0 Å². The largest absolute Gasteiger partial charge is 0.497 e. The lowest BCUT2D eigenvalue weighted by atomic mass is 10.3. The van der Waals surface area contributed by atoms with Gasteiger partial charge in [0.25, 0.3) is 0 Å². The lowest BCUT2D eigenvalue weighted by Gasteiger charge is -2.18. The smallest absolute Gasteiger partial charge is 0.118 e. The summed E-state index contributed by atoms with van der Waals surface area (Å²) in [5.41, 5.74) is 0. The van der Waals surface area contributed by atoms with Gasteiger partial charge in [-0.25, -0.2) is 0 Å². The fraction of sp³-hybridized carbons (Fsp3) is 0.250. The van der Waals surface area contributed by atoms with Crippen LogP contribution in [0.5, 0.6) is 5.75 Å². The maximum absolute atomic E-state index is 5.53. The minimum atomic E-state index is -1.13. The van der Waals surface area contributed by atoms with Crippen molar-refractivity contribution in [3.8, 4) is 5.75 Å². The summed E-state index contributed by atoms with van der Waals surface area (Å²) in [6.45, 7) is 2.26. The van der Waals surface area contributed by atoms with Crippen LogP contribution in [0.3, 0.4) is 0 Å². The summed E-state index contributed by atoms with van der Waals surface area (Å²) in [7, 11) is 0.633. The van der Waals surface area contributed by atoms with E-state index >= 15 is 0 Å². The van der Waals surface area contributed by atoms with Crippen molar-refractivity contribution < 1.29 is 4.74 Å². The molecule has 2 rings (SSSR count). The van der Waals surface area contributed by atoms with Gasteiger partial charge in [-0.3, -0.25) is 0 Å². The Balaban J connectivity index is 2.41. The lowest BCUT2D eigenvalue weighted by Crippen LogP contribution is -2.42. The topological polar surface area (TPSA) is 9.23 Å². The van der Waals surface area contributed by atoms with E-state index in [9.17, 15) is 0 Å². The second-order valence-electron chi connectivity index (χ2n) is 4.49. The normalized spacial score (nSPS) is 12.1. The van der Waals surface area contributed by atoms with Gasteiger partial charge < -0.3 is 4.74 Å². The quantitative estimate of drug-likeness (QED) is 0.747. The zero-order valence-corrected chi connectivity index (χ0v) is 12.3. The van der Waals surface area contributed by atoms with E-state index in [4.69, 9.17) is 4.74 Å². The Bertz CT molecular complexity index is 481. The molecular formula is C16H20OSi. The minimum Gasteiger partial charge on any atom is -0.497 e. The Morgan fingerprint density at radius 2 is 1.61 bits per heavy atom. The average Bonchev–Trinajstić information content (AvgIpc) is 2.46. The van der Waals surface area contributed by atoms with E-state index in [1.807, 2.05) is 6.07 Å². The van der Waals surface area contributed by atoms with Gasteiger partial charge >= 0.3 is 0 Å². The maximum Gasteiger partial charge on any atom is 0.118 e. The second kappa shape index (κ2) is 6.41. The van der Waals surface area contributed by atoms with E-state index in [0.29, 0.717) is 0 Å². The number of hydrogen-bond acceptors (Lipinski definition) is 1. The molecule has 0 N–H and O–H groups in total. The van der Waals surface area contributed by atoms with Gasteiger partial charge in [0.1, 0.15) is 14.5 Å². The van der Waals surface area contributed by atoms with E-state index < -0.39 is 8.80 Å². The fourth-order valence-electron chi connectivity index (χ4n) is 2.43. The van der Waals surface area contributed by atoms with Gasteiger partial charge in [-0.15, -0.1) is 0 Å². The van der Waals surface area contributed by atoms with Crippen molar-refractivity contribution in [2.45, 2.75) is 19.4 Å². The number of benzene rings is 2. The van der Waals surface area contributed by atoms with E-state index in [-0.39, 0.29) is 0 Å². The summed E-state index contributed by atoms with van der Waals surface area (Å²) in [6.07, 6.45) is 1.23. The summed E-state index contributed by atoms with van der Waals surface area (Å²) in [6, 6.07) is 20.7. The summed E-state index contributed by atoms with van der Waals surface area (Å²) in [5, 5.41) is 2.93. The number of ether oxygens (including phenoxy) is 1. The first-order valence-corrected chi connectivity index (χ1v) is 8.51. The molecular weight excluding hydrogens is 236 g/mol. The molecule has 0 unspecified atom stereocenters. The van der Waals surface area contributed by atoms with Crippen LogP contribution in [0, 0.1) is 0 Å². The zero-order chi connectivity index (χ0) is 12.8. The number of methoxy groups -OCH3 is 1. The van der Waals surface area contributed by atoms with Crippen LogP contribution in [-0.2, 0) is 0 Å². The van der Waals surface area contributed by atoms with Gasteiger partial charge in [0.15, 0.2) is 0 Å². The molecule has 0 radical (unpaired) electrons. The molecule has 0 amide bonds. The molecule has 0 aliphatic heterocycles. The standard InChI is InChI=1S/C16H20OSi/c1-3-13-18(14-9-5-4-6-10-14)16-12-8-7-11-15(16)17-2/h4-12,18H,3,13H2,1-2H3/t18-/m0/s1. The predicted octanol–water partition coefficient (Wildman–Crippen LogP) is 2.45. The van der Waals surface area contributed by atoms with E-state index in [2.05, 4.69) is 55.5 Å². The van der Waals surface area contributed by atoms with Gasteiger partial charge in [0, 0.05) is 0 Å². The number of hydrogen-bond donors (Lipinski definition) is 0. The average molecular weight is 256 g/mol. The Morgan fingerprint density at radius 3 is 2.28 bits per heavy atom. The highest BCUT2D eigenvalue weighted by molar-refractivity contribution is 6.85. The van der Waals surface area contributed by atoms with Gasteiger partial charge in [-0.05, 0) is 11.3 Å². The molecule has 1 nitrogen and oxygen atoms in total. The van der Waals surface area contributed by atoms with Crippen LogP contribution < -0.4 is 15.1 Å². The van der Waals surface area contributed by atoms with Crippen LogP contribution in [0.2, 0.25) is 6.04 Å². The highest BCUT2D eigenvalue weighted by atomic mass is 28.3. The SMILES string of the molecule is CCC[Si@@H](c1ccccc1)c1ccccc1OC. The molecule has 0 spiro atoms. The first kappa shape index (κ1) is 12.9. The third kappa shape index (κ3) is 2.82. The van der Waals surface area contributed by atoms with Crippen LogP contribution in [0.1, 0.15) is 13.3 Å². The fourth-order valence-corrected chi connectivity index (χ4v) is 5.60. The Labute approximate surface area is 111 Å². The summed E-state index contributed by atoms with van der Waals surface area (Å²) < 4.78 is 5.53. The molecule has 0 aliphatic carbocycles. The predicted molar refractivity (Wildman–Crippen MR) is 81.0 cm³/mol. The van der Waals surface area contributed by atoms with Crippen molar-refractivity contribution in [2.75, 3.05) is 7.11 Å². The summed E-state index contributed by atoms with van der Waals surface area (Å²) in [4.78, 5) is 0. The minimum absolute atomic E-state index is 1.05. The van der Waals surface area contributed by atoms with Crippen LogP contribution in [0.25, 0.3) is 0 Å². The second-order valence-corrected chi connectivity index (χ2v) is 7.47. The van der Waals surface area contributed by atoms with Crippen molar-refractivity contribution >= 4 is 19.2 Å². The summed E-state index contributed by atoms with van der Waals surface area (Å²) in [5.74, 6) is 1.05. The zero-order valence-electron chi connectivity index (χ0n) is 11.1. The number of rotatable bonds is 5. The van der Waals surface area contributed by atoms with E-state index in [0.717, 1.165) is 5.75 Å². The third-order valence-corrected chi connectivity index (χ3v) is 6.87. The molecule has 0 saturated heterocycles. The van der Waals surface area contributed by atoms with Gasteiger partial charge in [0.2, 0.25) is 0 Å². The number of para-hydroxylation sites is 1. The van der Waals surface area contributed by atoms with Crippen LogP contribution in [0.15, 0.2) is 54.6 Å². The Hall–Kier alpha value is -1.54. The highest BCUT2D eigenvalue weighted by Crippen LogP contribution is 2.10. The van der Waals surface area contributed by atoms with Crippen LogP contribution in [0.4, 0.5) is 0 Å². The molecule has 2 heteroatoms. The van der Waals surface area contributed by atoms with Crippen molar-refractivity contribution in [3.63, 3.8) is 0 Å². The van der Waals surface area contributed by atoms with E-state index in [1.54, 1.807) is 7.11 Å². The molecule has 0 heterocycles. The first-order chi connectivity index (χ1) is 8.86. The molecule has 0 bridgehead atoms. The Kier molecular flexibility index (Phi) is 4.59. The maximum atomic E-state index is 5.53. The van der Waals surface area contributed by atoms with Crippen molar-refractivity contribution in [3.05, 3.63) is 54.6 Å². The summed E-state index contributed by atoms with van der Waals surface area (Å²) >= 11 is 0. The molecule has 1 atom stereocenters. The third-order valence-electron chi connectivity index (χ3n) is 3.29. The van der Waals surface area contributed by atoms with Gasteiger partial charge in [-0.2, -0.15) is 0 Å². The molecule has 18 heavy (non-hydrogen) atoms. The highest BCUT2D eigenvalue weighted by Gasteiger charge is 2.18. The lowest BCUT2D eigenvalue weighted by molar-refractivity contribution is 0.418.